The summed E-state index contributed by atoms with van der Waals surface area (Å²) in [5, 5.41) is 8.96. The molecular weight excluding hydrogens is 182 g/mol. The van der Waals surface area contributed by atoms with Gasteiger partial charge < -0.3 is 10.0 Å². The van der Waals surface area contributed by atoms with Gasteiger partial charge in [-0.3, -0.25) is 9.59 Å². The van der Waals surface area contributed by atoms with Crippen LogP contribution < -0.4 is 0 Å². The first kappa shape index (κ1) is 9.49. The summed E-state index contributed by atoms with van der Waals surface area (Å²) in [6.45, 7) is 1.49. The second-order valence-corrected chi connectivity index (χ2v) is 4.24. The quantitative estimate of drug-likeness (QED) is 0.668. The smallest absolute Gasteiger partial charge is 0.319 e. The van der Waals surface area contributed by atoms with Crippen molar-refractivity contribution in [3.8, 4) is 0 Å². The largest absolute Gasteiger partial charge is 0.480 e. The number of piperidine rings is 1. The summed E-state index contributed by atoms with van der Waals surface area (Å²) < 4.78 is 0. The first-order chi connectivity index (χ1) is 6.67. The van der Waals surface area contributed by atoms with Gasteiger partial charge in [-0.2, -0.15) is 0 Å². The molecule has 0 aromatic carbocycles. The van der Waals surface area contributed by atoms with Crippen molar-refractivity contribution in [1.82, 2.24) is 4.90 Å². The molecular formula is C10H15NO3. The highest BCUT2D eigenvalue weighted by Crippen LogP contribution is 2.47. The molecule has 1 saturated carbocycles. The first-order valence-corrected chi connectivity index (χ1v) is 5.20. The zero-order valence-corrected chi connectivity index (χ0v) is 8.16. The Morgan fingerprint density at radius 2 is 1.64 bits per heavy atom. The Labute approximate surface area is 82.9 Å². The van der Waals surface area contributed by atoms with Crippen LogP contribution in [0, 0.1) is 5.41 Å². The van der Waals surface area contributed by atoms with E-state index in [2.05, 4.69) is 0 Å². The van der Waals surface area contributed by atoms with Gasteiger partial charge in [-0.1, -0.05) is 0 Å². The lowest BCUT2D eigenvalue weighted by Crippen LogP contribution is -2.43. The van der Waals surface area contributed by atoms with Crippen LogP contribution in [-0.4, -0.2) is 35.0 Å². The molecule has 0 aromatic heterocycles. The molecule has 2 fully saturated rings. The summed E-state index contributed by atoms with van der Waals surface area (Å²) in [5.74, 6) is -1.09. The average Bonchev–Trinajstić information content (AvgIpc) is 2.99. The molecule has 4 nitrogen and oxygen atoms in total. The lowest BCUT2D eigenvalue weighted by Gasteiger charge is -2.29. The van der Waals surface area contributed by atoms with Gasteiger partial charge in [0.25, 0.3) is 0 Å². The molecule has 14 heavy (non-hydrogen) atoms. The van der Waals surface area contributed by atoms with Gasteiger partial charge in [-0.15, -0.1) is 0 Å². The lowest BCUT2D eigenvalue weighted by molar-refractivity contribution is -0.153. The topological polar surface area (TPSA) is 57.6 Å². The molecule has 0 bridgehead atoms. The third-order valence-corrected chi connectivity index (χ3v) is 3.21. The predicted octanol–water partition coefficient (Wildman–Crippen LogP) is 0.864. The molecule has 1 aliphatic carbocycles. The van der Waals surface area contributed by atoms with E-state index in [1.165, 1.54) is 0 Å². The van der Waals surface area contributed by atoms with E-state index in [1.54, 1.807) is 4.90 Å². The number of carboxylic acid groups (broad SMARTS) is 1. The maximum atomic E-state index is 11.9. The summed E-state index contributed by atoms with van der Waals surface area (Å²) in [6, 6.07) is 0. The van der Waals surface area contributed by atoms with Crippen LogP contribution in [0.2, 0.25) is 0 Å². The van der Waals surface area contributed by atoms with Crippen molar-refractivity contribution >= 4 is 11.9 Å². The summed E-state index contributed by atoms with van der Waals surface area (Å²) >= 11 is 0. The average molecular weight is 197 g/mol. The molecule has 1 amide bonds. The van der Waals surface area contributed by atoms with Gasteiger partial charge in [-0.25, -0.2) is 0 Å². The number of rotatable bonds is 2. The number of carbonyl (C=O) groups is 2. The molecule has 0 aromatic rings. The third kappa shape index (κ3) is 1.38. The van der Waals surface area contributed by atoms with E-state index in [4.69, 9.17) is 5.11 Å². The number of likely N-dealkylation sites (tertiary alicyclic amines) is 1. The second kappa shape index (κ2) is 3.26. The van der Waals surface area contributed by atoms with Crippen molar-refractivity contribution in [2.75, 3.05) is 13.1 Å². The Balaban J connectivity index is 2.04. The van der Waals surface area contributed by atoms with Gasteiger partial charge in [0.1, 0.15) is 5.41 Å². The van der Waals surface area contributed by atoms with Crippen molar-refractivity contribution in [3.63, 3.8) is 0 Å². The molecule has 0 radical (unpaired) electrons. The maximum absolute atomic E-state index is 11.9. The third-order valence-electron chi connectivity index (χ3n) is 3.21. The molecule has 78 valence electrons. The number of nitrogens with zero attached hydrogens (tertiary/aromatic N) is 1. The molecule has 4 heteroatoms. The fraction of sp³-hybridized carbons (Fsp3) is 0.800. The van der Waals surface area contributed by atoms with E-state index in [0.29, 0.717) is 12.8 Å². The van der Waals surface area contributed by atoms with Gasteiger partial charge in [0.2, 0.25) is 5.91 Å². The van der Waals surface area contributed by atoms with Crippen molar-refractivity contribution in [2.24, 2.45) is 5.41 Å². The fourth-order valence-corrected chi connectivity index (χ4v) is 2.04. The molecule has 0 atom stereocenters. The minimum atomic E-state index is -1.03. The maximum Gasteiger partial charge on any atom is 0.319 e. The zero-order chi connectivity index (χ0) is 10.2. The van der Waals surface area contributed by atoms with Gasteiger partial charge in [0.15, 0.2) is 0 Å². The van der Waals surface area contributed by atoms with Crippen LogP contribution >= 0.6 is 0 Å². The predicted molar refractivity (Wildman–Crippen MR) is 49.7 cm³/mol. The Morgan fingerprint density at radius 3 is 2.07 bits per heavy atom. The van der Waals surface area contributed by atoms with Crippen molar-refractivity contribution < 1.29 is 14.7 Å². The number of carbonyl (C=O) groups excluding carboxylic acids is 1. The number of aliphatic carboxylic acids is 1. The highest BCUT2D eigenvalue weighted by atomic mass is 16.4. The molecule has 1 saturated heterocycles. The summed E-state index contributed by atoms with van der Waals surface area (Å²) in [6.07, 6.45) is 4.24. The van der Waals surface area contributed by atoms with Crippen LogP contribution in [0.15, 0.2) is 0 Å². The minimum Gasteiger partial charge on any atom is -0.480 e. The summed E-state index contributed by atoms with van der Waals surface area (Å²) in [5.41, 5.74) is -1.03. The fourth-order valence-electron chi connectivity index (χ4n) is 2.04. The van der Waals surface area contributed by atoms with Crippen LogP contribution in [0.1, 0.15) is 32.1 Å². The standard InChI is InChI=1S/C10H15NO3/c12-8(10(4-5-10)9(13)14)11-6-2-1-3-7-11/h1-7H2,(H,13,14). The number of hydrogen-bond donors (Lipinski definition) is 1. The SMILES string of the molecule is O=C(O)C1(C(=O)N2CCCCC2)CC1. The molecule has 1 N–H and O–H groups in total. The van der Waals surface area contributed by atoms with Crippen LogP contribution in [0.5, 0.6) is 0 Å². The van der Waals surface area contributed by atoms with Gasteiger partial charge in [0, 0.05) is 13.1 Å². The van der Waals surface area contributed by atoms with Gasteiger partial charge in [0.05, 0.1) is 0 Å². The van der Waals surface area contributed by atoms with Crippen molar-refractivity contribution in [3.05, 3.63) is 0 Å². The van der Waals surface area contributed by atoms with Crippen LogP contribution in [0.4, 0.5) is 0 Å². The molecule has 2 aliphatic rings. The lowest BCUT2D eigenvalue weighted by atomic mass is 10.0. The molecule has 1 heterocycles. The number of hydrogen-bond acceptors (Lipinski definition) is 2. The Bertz CT molecular complexity index is 265. The van der Waals surface area contributed by atoms with E-state index in [9.17, 15) is 9.59 Å². The highest BCUT2D eigenvalue weighted by molar-refractivity contribution is 6.04. The van der Waals surface area contributed by atoms with Crippen molar-refractivity contribution in [2.45, 2.75) is 32.1 Å². The van der Waals surface area contributed by atoms with E-state index in [0.717, 1.165) is 32.4 Å². The number of carboxylic acids is 1. The van der Waals surface area contributed by atoms with E-state index < -0.39 is 11.4 Å². The van der Waals surface area contributed by atoms with E-state index in [-0.39, 0.29) is 5.91 Å². The van der Waals surface area contributed by atoms with E-state index >= 15 is 0 Å². The second-order valence-electron chi connectivity index (χ2n) is 4.24. The molecule has 2 rings (SSSR count). The normalized spacial score (nSPS) is 24.4. The molecule has 0 spiro atoms. The Morgan fingerprint density at radius 1 is 1.07 bits per heavy atom. The minimum absolute atomic E-state index is 0.148. The first-order valence-electron chi connectivity index (χ1n) is 5.20. The molecule has 0 unspecified atom stereocenters. The Kier molecular flexibility index (Phi) is 2.21. The summed E-state index contributed by atoms with van der Waals surface area (Å²) in [4.78, 5) is 24.5. The van der Waals surface area contributed by atoms with Crippen LogP contribution in [0.25, 0.3) is 0 Å². The van der Waals surface area contributed by atoms with Gasteiger partial charge >= 0.3 is 5.97 Å². The number of amides is 1. The zero-order valence-electron chi connectivity index (χ0n) is 8.16. The monoisotopic (exact) mass is 197 g/mol. The Hall–Kier alpha value is -1.06. The van der Waals surface area contributed by atoms with Crippen LogP contribution in [-0.2, 0) is 9.59 Å². The van der Waals surface area contributed by atoms with E-state index in [1.807, 2.05) is 0 Å². The van der Waals surface area contributed by atoms with Crippen LogP contribution in [0.3, 0.4) is 0 Å². The van der Waals surface area contributed by atoms with Crippen molar-refractivity contribution in [1.29, 1.82) is 0 Å². The summed E-state index contributed by atoms with van der Waals surface area (Å²) in [7, 11) is 0. The molecule has 1 aliphatic heterocycles. The van der Waals surface area contributed by atoms with Gasteiger partial charge in [-0.05, 0) is 32.1 Å². The highest BCUT2D eigenvalue weighted by Gasteiger charge is 2.58.